The van der Waals surface area contributed by atoms with Crippen molar-refractivity contribution in [2.24, 2.45) is 0 Å². The Bertz CT molecular complexity index is 1810. The molecule has 0 amide bonds. The molecule has 0 aromatic rings. The fourth-order valence-corrected chi connectivity index (χ4v) is 8.64. The topological polar surface area (TPSA) is 78.9 Å². The molecule has 0 heterocycles. The summed E-state index contributed by atoms with van der Waals surface area (Å²) in [5.74, 6) is -1.02. The number of allylic oxidation sites excluding steroid dienone is 26. The summed E-state index contributed by atoms with van der Waals surface area (Å²) in [6.07, 6.45) is 98.4. The molecule has 0 aliphatic rings. The highest BCUT2D eigenvalue weighted by Gasteiger charge is 2.19. The molecule has 0 fully saturated rings. The Kier molecular flexibility index (Phi) is 63.4. The second-order valence-electron chi connectivity index (χ2n) is 21.3. The van der Waals surface area contributed by atoms with E-state index in [1.165, 1.54) is 96.3 Å². The van der Waals surface area contributed by atoms with Gasteiger partial charge in [-0.25, -0.2) is 0 Å². The van der Waals surface area contributed by atoms with Gasteiger partial charge in [-0.2, -0.15) is 0 Å². The Morgan fingerprint density at radius 2 is 0.506 bits per heavy atom. The minimum Gasteiger partial charge on any atom is -0.462 e. The lowest BCUT2D eigenvalue weighted by atomic mass is 10.0. The summed E-state index contributed by atoms with van der Waals surface area (Å²) in [5.41, 5.74) is 0. The van der Waals surface area contributed by atoms with E-state index in [0.29, 0.717) is 19.3 Å². The average Bonchev–Trinajstić information content (AvgIpc) is 3.46. The largest absolute Gasteiger partial charge is 0.462 e. The Hall–Kier alpha value is -4.97. The molecule has 6 heteroatoms. The van der Waals surface area contributed by atoms with Gasteiger partial charge in [-0.15, -0.1) is 0 Å². The van der Waals surface area contributed by atoms with E-state index in [2.05, 4.69) is 173 Å². The first-order chi connectivity index (χ1) is 40.0. The van der Waals surface area contributed by atoms with Crippen molar-refractivity contribution in [3.63, 3.8) is 0 Å². The lowest BCUT2D eigenvalue weighted by molar-refractivity contribution is -0.166. The van der Waals surface area contributed by atoms with Crippen LogP contribution in [0.15, 0.2) is 158 Å². The standard InChI is InChI=1S/C75H120O6/c1-4-7-10-13-16-19-22-25-27-29-31-33-35-36-37-38-40-41-43-45-47-50-53-56-59-62-65-68-74(77)80-71-72(70-79-73(76)67-64-61-58-55-52-49-24-21-18-15-12-9-6-3)81-75(78)69-66-63-60-57-54-51-48-46-44-42-39-34-32-30-28-26-23-20-17-14-11-8-5-2/h7,9-10,12,16,18-19,21,23,25-27,30-33,36-37,40-41,45,47,49,52,58,61,72H,4-6,8,11,13-15,17,20,22,24,28-29,34-35,38-39,42-44,46,48,50-51,53-57,59-60,62-71H2,1-3H3/b10-7-,12-9-,19-16-,21-18-,26-23-,27-25-,32-30-,33-31-,37-36-,41-40-,47-45-,52-49-,61-58-. The summed E-state index contributed by atoms with van der Waals surface area (Å²) in [7, 11) is 0. The lowest BCUT2D eigenvalue weighted by Crippen LogP contribution is -2.30. The Morgan fingerprint density at radius 3 is 0.827 bits per heavy atom. The van der Waals surface area contributed by atoms with Gasteiger partial charge in [0.1, 0.15) is 13.2 Å². The molecule has 0 radical (unpaired) electrons. The van der Waals surface area contributed by atoms with E-state index >= 15 is 0 Å². The van der Waals surface area contributed by atoms with Crippen LogP contribution in [0.5, 0.6) is 0 Å². The van der Waals surface area contributed by atoms with Crippen molar-refractivity contribution >= 4 is 17.9 Å². The molecule has 0 N–H and O–H groups in total. The van der Waals surface area contributed by atoms with Gasteiger partial charge in [0, 0.05) is 19.3 Å². The normalized spacial score (nSPS) is 13.2. The van der Waals surface area contributed by atoms with Crippen LogP contribution < -0.4 is 0 Å². The summed E-state index contributed by atoms with van der Waals surface area (Å²) < 4.78 is 16.8. The predicted molar refractivity (Wildman–Crippen MR) is 352 cm³/mol. The number of ether oxygens (including phenoxy) is 3. The minimum atomic E-state index is -0.825. The van der Waals surface area contributed by atoms with Crippen molar-refractivity contribution in [2.45, 2.75) is 284 Å². The third-order valence-corrected chi connectivity index (χ3v) is 13.5. The predicted octanol–water partition coefficient (Wildman–Crippen LogP) is 22.9. The first-order valence-electron chi connectivity index (χ1n) is 33.0. The molecule has 0 spiro atoms. The lowest BCUT2D eigenvalue weighted by Gasteiger charge is -2.18. The molecule has 0 saturated heterocycles. The van der Waals surface area contributed by atoms with E-state index in [9.17, 15) is 14.4 Å². The Balaban J connectivity index is 4.43. The Morgan fingerprint density at radius 1 is 0.259 bits per heavy atom. The van der Waals surface area contributed by atoms with Gasteiger partial charge in [0.2, 0.25) is 0 Å². The first kappa shape index (κ1) is 76.0. The van der Waals surface area contributed by atoms with Crippen LogP contribution in [0.1, 0.15) is 278 Å². The molecule has 456 valence electrons. The second kappa shape index (κ2) is 67.5. The van der Waals surface area contributed by atoms with Crippen LogP contribution in [0.2, 0.25) is 0 Å². The molecule has 1 unspecified atom stereocenters. The van der Waals surface area contributed by atoms with E-state index in [1.54, 1.807) is 0 Å². The van der Waals surface area contributed by atoms with Gasteiger partial charge in [-0.3, -0.25) is 14.4 Å². The molecule has 0 aromatic carbocycles. The maximum absolute atomic E-state index is 12.9. The molecule has 0 saturated carbocycles. The summed E-state index contributed by atoms with van der Waals surface area (Å²) in [5, 5.41) is 0. The SMILES string of the molecule is CC/C=C\C/C=C\C/C=C\C/C=C\C/C=C\C/C=C\C/C=C\CCCCCCCC(=O)OCC(COC(=O)CC/C=C\C/C=C\C/C=C\C/C=C\CC)OC(=O)CCCCCCCCCCCCC/C=C\C/C=C\CCCCCCC. The summed E-state index contributed by atoms with van der Waals surface area (Å²) in [6.45, 7) is 6.32. The zero-order chi connectivity index (χ0) is 58.5. The van der Waals surface area contributed by atoms with Gasteiger partial charge in [-0.1, -0.05) is 281 Å². The maximum atomic E-state index is 12.9. The fourth-order valence-electron chi connectivity index (χ4n) is 8.64. The van der Waals surface area contributed by atoms with Crippen molar-refractivity contribution in [3.8, 4) is 0 Å². The summed E-state index contributed by atoms with van der Waals surface area (Å²) in [6, 6.07) is 0. The summed E-state index contributed by atoms with van der Waals surface area (Å²) >= 11 is 0. The van der Waals surface area contributed by atoms with Gasteiger partial charge < -0.3 is 14.2 Å². The highest BCUT2D eigenvalue weighted by Crippen LogP contribution is 2.15. The average molecular weight is 1120 g/mol. The second-order valence-corrected chi connectivity index (χ2v) is 21.3. The third kappa shape index (κ3) is 65.7. The van der Waals surface area contributed by atoms with E-state index in [-0.39, 0.29) is 37.5 Å². The monoisotopic (exact) mass is 1120 g/mol. The van der Waals surface area contributed by atoms with Crippen LogP contribution in [0, 0.1) is 0 Å². The van der Waals surface area contributed by atoms with Crippen LogP contribution in [-0.2, 0) is 28.6 Å². The van der Waals surface area contributed by atoms with E-state index in [1.807, 2.05) is 6.08 Å². The molecule has 81 heavy (non-hydrogen) atoms. The highest BCUT2D eigenvalue weighted by atomic mass is 16.6. The van der Waals surface area contributed by atoms with Gasteiger partial charge in [-0.05, 0) is 135 Å². The van der Waals surface area contributed by atoms with Crippen LogP contribution >= 0.6 is 0 Å². The quantitative estimate of drug-likeness (QED) is 0.0261. The van der Waals surface area contributed by atoms with Crippen molar-refractivity contribution in [2.75, 3.05) is 13.2 Å². The summed E-state index contributed by atoms with van der Waals surface area (Å²) in [4.78, 5) is 38.3. The molecular weight excluding hydrogens is 997 g/mol. The molecule has 6 nitrogen and oxygen atoms in total. The van der Waals surface area contributed by atoms with E-state index in [4.69, 9.17) is 14.2 Å². The van der Waals surface area contributed by atoms with Crippen molar-refractivity contribution in [3.05, 3.63) is 158 Å². The number of hydrogen-bond donors (Lipinski definition) is 0. The fraction of sp³-hybridized carbons (Fsp3) is 0.613. The van der Waals surface area contributed by atoms with E-state index in [0.717, 1.165) is 135 Å². The zero-order valence-corrected chi connectivity index (χ0v) is 52.2. The molecule has 0 aliphatic carbocycles. The van der Waals surface area contributed by atoms with Gasteiger partial charge in [0.25, 0.3) is 0 Å². The maximum Gasteiger partial charge on any atom is 0.306 e. The zero-order valence-electron chi connectivity index (χ0n) is 52.2. The first-order valence-corrected chi connectivity index (χ1v) is 33.0. The smallest absolute Gasteiger partial charge is 0.306 e. The van der Waals surface area contributed by atoms with Crippen LogP contribution in [0.4, 0.5) is 0 Å². The number of carbonyl (C=O) groups is 3. The molecule has 0 rings (SSSR count). The number of rotatable bonds is 58. The van der Waals surface area contributed by atoms with E-state index < -0.39 is 6.10 Å². The van der Waals surface area contributed by atoms with Gasteiger partial charge >= 0.3 is 17.9 Å². The molecule has 0 aromatic heterocycles. The number of hydrogen-bond acceptors (Lipinski definition) is 6. The Labute approximate surface area is 499 Å². The van der Waals surface area contributed by atoms with Crippen LogP contribution in [0.3, 0.4) is 0 Å². The van der Waals surface area contributed by atoms with Crippen LogP contribution in [-0.4, -0.2) is 37.2 Å². The van der Waals surface area contributed by atoms with Gasteiger partial charge in [0.05, 0.1) is 0 Å². The number of unbranched alkanes of at least 4 members (excludes halogenated alkanes) is 21. The van der Waals surface area contributed by atoms with Crippen molar-refractivity contribution in [1.29, 1.82) is 0 Å². The van der Waals surface area contributed by atoms with Crippen molar-refractivity contribution < 1.29 is 28.6 Å². The van der Waals surface area contributed by atoms with Gasteiger partial charge in [0.15, 0.2) is 6.10 Å². The molecule has 0 aliphatic heterocycles. The third-order valence-electron chi connectivity index (χ3n) is 13.5. The molecule has 1 atom stereocenters. The van der Waals surface area contributed by atoms with Crippen LogP contribution in [0.25, 0.3) is 0 Å². The molecular formula is C75H120O6. The van der Waals surface area contributed by atoms with Crippen molar-refractivity contribution in [1.82, 2.24) is 0 Å². The minimum absolute atomic E-state index is 0.117. The number of esters is 3. The highest BCUT2D eigenvalue weighted by molar-refractivity contribution is 5.71. The molecule has 0 bridgehead atoms. The number of carbonyl (C=O) groups excluding carboxylic acids is 3.